The summed E-state index contributed by atoms with van der Waals surface area (Å²) in [5.41, 5.74) is 2.92. The Morgan fingerprint density at radius 2 is 2.00 bits per heavy atom. The lowest BCUT2D eigenvalue weighted by Crippen LogP contribution is -2.29. The lowest BCUT2D eigenvalue weighted by atomic mass is 10.1. The molecular formula is C23H24N2O3S2. The minimum atomic E-state index is -0.111. The predicted octanol–water partition coefficient (Wildman–Crippen LogP) is 4.88. The molecule has 1 N–H and O–H groups in total. The molecule has 0 aliphatic carbocycles. The molecule has 1 fully saturated rings. The van der Waals surface area contributed by atoms with Gasteiger partial charge in [0.15, 0.2) is 0 Å². The average molecular weight is 441 g/mol. The number of aryl methyl sites for hydroxylation is 1. The molecule has 0 radical (unpaired) electrons. The molecule has 0 unspecified atom stereocenters. The van der Waals surface area contributed by atoms with Crippen LogP contribution in [-0.4, -0.2) is 34.7 Å². The van der Waals surface area contributed by atoms with E-state index in [0.29, 0.717) is 40.0 Å². The van der Waals surface area contributed by atoms with Crippen LogP contribution in [0.25, 0.3) is 6.08 Å². The van der Waals surface area contributed by atoms with Crippen LogP contribution in [0.4, 0.5) is 5.69 Å². The summed E-state index contributed by atoms with van der Waals surface area (Å²) in [5.74, 6) is 0.472. The first-order valence-corrected chi connectivity index (χ1v) is 11.0. The summed E-state index contributed by atoms with van der Waals surface area (Å²) in [7, 11) is 1.58. The van der Waals surface area contributed by atoms with Crippen molar-refractivity contribution in [2.75, 3.05) is 19.0 Å². The van der Waals surface area contributed by atoms with Gasteiger partial charge in [-0.05, 0) is 42.2 Å². The maximum absolute atomic E-state index is 12.7. The molecule has 0 saturated carbocycles. The molecule has 5 nitrogen and oxygen atoms in total. The van der Waals surface area contributed by atoms with Crippen LogP contribution in [0.3, 0.4) is 0 Å². The first-order chi connectivity index (χ1) is 14.5. The summed E-state index contributed by atoms with van der Waals surface area (Å²) in [6.45, 7) is 2.53. The van der Waals surface area contributed by atoms with Gasteiger partial charge in [-0.2, -0.15) is 0 Å². The number of carbonyl (C=O) groups is 2. The SMILES string of the molecule is CCc1ccc(/C=C2\SC(=S)N(CCCC(=O)Nc3cccc(OC)c3)C2=O)cc1. The van der Waals surface area contributed by atoms with Crippen molar-refractivity contribution in [1.82, 2.24) is 4.90 Å². The highest BCUT2D eigenvalue weighted by Crippen LogP contribution is 2.32. The van der Waals surface area contributed by atoms with Gasteiger partial charge in [-0.15, -0.1) is 0 Å². The van der Waals surface area contributed by atoms with E-state index in [1.165, 1.54) is 17.3 Å². The van der Waals surface area contributed by atoms with Crippen molar-refractivity contribution in [1.29, 1.82) is 0 Å². The molecule has 2 aromatic rings. The van der Waals surface area contributed by atoms with Crippen molar-refractivity contribution >= 4 is 51.9 Å². The fourth-order valence-electron chi connectivity index (χ4n) is 3.02. The van der Waals surface area contributed by atoms with E-state index in [0.717, 1.165) is 12.0 Å². The van der Waals surface area contributed by atoms with E-state index in [1.807, 2.05) is 30.3 Å². The summed E-state index contributed by atoms with van der Waals surface area (Å²) >= 11 is 6.68. The summed E-state index contributed by atoms with van der Waals surface area (Å²) in [6, 6.07) is 15.3. The van der Waals surface area contributed by atoms with Crippen molar-refractivity contribution in [2.45, 2.75) is 26.2 Å². The van der Waals surface area contributed by atoms with Crippen LogP contribution in [0, 0.1) is 0 Å². The smallest absolute Gasteiger partial charge is 0.266 e. The number of hydrogen-bond donors (Lipinski definition) is 1. The molecule has 2 amide bonds. The summed E-state index contributed by atoms with van der Waals surface area (Å²) < 4.78 is 5.69. The summed E-state index contributed by atoms with van der Waals surface area (Å²) in [6.07, 6.45) is 3.68. The van der Waals surface area contributed by atoms with Gasteiger partial charge in [-0.1, -0.05) is 61.2 Å². The van der Waals surface area contributed by atoms with E-state index >= 15 is 0 Å². The molecule has 1 aliphatic heterocycles. The molecule has 156 valence electrons. The number of hydrogen-bond acceptors (Lipinski definition) is 5. The highest BCUT2D eigenvalue weighted by Gasteiger charge is 2.31. The number of rotatable bonds is 8. The number of methoxy groups -OCH3 is 1. The van der Waals surface area contributed by atoms with Gasteiger partial charge in [0.05, 0.1) is 12.0 Å². The molecule has 0 bridgehead atoms. The van der Waals surface area contributed by atoms with Gasteiger partial charge in [0.2, 0.25) is 5.91 Å². The highest BCUT2D eigenvalue weighted by molar-refractivity contribution is 8.26. The predicted molar refractivity (Wildman–Crippen MR) is 127 cm³/mol. The second-order valence-corrected chi connectivity index (χ2v) is 8.49. The maximum atomic E-state index is 12.7. The third-order valence-corrected chi connectivity index (χ3v) is 6.08. The van der Waals surface area contributed by atoms with E-state index in [-0.39, 0.29) is 11.8 Å². The first kappa shape index (κ1) is 22.1. The second kappa shape index (κ2) is 10.4. The number of nitrogens with zero attached hydrogens (tertiary/aromatic N) is 1. The Bertz CT molecular complexity index is 971. The summed E-state index contributed by atoms with van der Waals surface area (Å²) in [4.78, 5) is 27.1. The Morgan fingerprint density at radius 1 is 1.23 bits per heavy atom. The minimum Gasteiger partial charge on any atom is -0.497 e. The molecule has 1 saturated heterocycles. The van der Waals surface area contributed by atoms with Crippen LogP contribution < -0.4 is 10.1 Å². The fourth-order valence-corrected chi connectivity index (χ4v) is 4.32. The Labute approximate surface area is 186 Å². The molecule has 0 spiro atoms. The van der Waals surface area contributed by atoms with Crippen molar-refractivity contribution < 1.29 is 14.3 Å². The first-order valence-electron chi connectivity index (χ1n) is 9.78. The van der Waals surface area contributed by atoms with E-state index in [9.17, 15) is 9.59 Å². The van der Waals surface area contributed by atoms with E-state index < -0.39 is 0 Å². The zero-order chi connectivity index (χ0) is 21.5. The number of nitrogens with one attached hydrogen (secondary N) is 1. The van der Waals surface area contributed by atoms with Gasteiger partial charge in [0.1, 0.15) is 10.1 Å². The minimum absolute atomic E-state index is 0.0993. The zero-order valence-corrected chi connectivity index (χ0v) is 18.6. The zero-order valence-electron chi connectivity index (χ0n) is 17.0. The lowest BCUT2D eigenvalue weighted by Gasteiger charge is -2.14. The third-order valence-electron chi connectivity index (χ3n) is 4.70. The molecule has 1 aliphatic rings. The monoisotopic (exact) mass is 440 g/mol. The molecular weight excluding hydrogens is 416 g/mol. The Kier molecular flexibility index (Phi) is 7.65. The van der Waals surface area contributed by atoms with Gasteiger partial charge in [0.25, 0.3) is 5.91 Å². The number of amides is 2. The molecule has 0 aromatic heterocycles. The average Bonchev–Trinajstić information content (AvgIpc) is 3.01. The largest absolute Gasteiger partial charge is 0.497 e. The number of benzene rings is 2. The maximum Gasteiger partial charge on any atom is 0.266 e. The van der Waals surface area contributed by atoms with Gasteiger partial charge in [0, 0.05) is 24.7 Å². The summed E-state index contributed by atoms with van der Waals surface area (Å²) in [5, 5.41) is 2.84. The molecule has 3 rings (SSSR count). The van der Waals surface area contributed by atoms with Crippen LogP contribution in [0.15, 0.2) is 53.4 Å². The molecule has 7 heteroatoms. The van der Waals surface area contributed by atoms with Crippen molar-refractivity contribution in [2.24, 2.45) is 0 Å². The van der Waals surface area contributed by atoms with Crippen LogP contribution in [-0.2, 0) is 16.0 Å². The number of carbonyl (C=O) groups excluding carboxylic acids is 2. The van der Waals surface area contributed by atoms with Crippen molar-refractivity contribution in [3.05, 3.63) is 64.6 Å². The van der Waals surface area contributed by atoms with Crippen molar-refractivity contribution in [3.8, 4) is 5.75 Å². The number of ether oxygens (including phenoxy) is 1. The van der Waals surface area contributed by atoms with Crippen LogP contribution in [0.2, 0.25) is 0 Å². The van der Waals surface area contributed by atoms with Crippen LogP contribution >= 0.6 is 24.0 Å². The number of anilines is 1. The molecule has 1 heterocycles. The van der Waals surface area contributed by atoms with E-state index in [1.54, 1.807) is 24.1 Å². The molecule has 2 aromatic carbocycles. The topological polar surface area (TPSA) is 58.6 Å². The second-order valence-electron chi connectivity index (χ2n) is 6.81. The Balaban J connectivity index is 1.52. The molecule has 0 atom stereocenters. The molecule has 30 heavy (non-hydrogen) atoms. The van der Waals surface area contributed by atoms with Gasteiger partial charge < -0.3 is 10.1 Å². The quantitative estimate of drug-likeness (QED) is 0.468. The van der Waals surface area contributed by atoms with Gasteiger partial charge in [-0.3, -0.25) is 14.5 Å². The Hall–Kier alpha value is -2.64. The normalized spacial score (nSPS) is 15.0. The Morgan fingerprint density at radius 3 is 2.70 bits per heavy atom. The lowest BCUT2D eigenvalue weighted by molar-refractivity contribution is -0.122. The fraction of sp³-hybridized carbons (Fsp3) is 0.261. The number of thiocarbonyl (C=S) groups is 1. The van der Waals surface area contributed by atoms with E-state index in [2.05, 4.69) is 24.4 Å². The van der Waals surface area contributed by atoms with Gasteiger partial charge in [-0.25, -0.2) is 0 Å². The van der Waals surface area contributed by atoms with Crippen LogP contribution in [0.5, 0.6) is 5.75 Å². The standard InChI is InChI=1S/C23H24N2O3S2/c1-3-16-9-11-17(12-10-16)14-20-22(27)25(23(29)30-20)13-5-8-21(26)24-18-6-4-7-19(15-18)28-2/h4,6-7,9-12,14-15H,3,5,8,13H2,1-2H3,(H,24,26)/b20-14-. The van der Waals surface area contributed by atoms with Crippen molar-refractivity contribution in [3.63, 3.8) is 0 Å². The van der Waals surface area contributed by atoms with Crippen LogP contribution in [0.1, 0.15) is 30.9 Å². The van der Waals surface area contributed by atoms with E-state index in [4.69, 9.17) is 17.0 Å². The number of thioether (sulfide) groups is 1. The highest BCUT2D eigenvalue weighted by atomic mass is 32.2. The van der Waals surface area contributed by atoms with Gasteiger partial charge >= 0.3 is 0 Å². The third kappa shape index (κ3) is 5.70.